The first-order valence-corrected chi connectivity index (χ1v) is 10.3. The minimum Gasteiger partial charge on any atom is -0.462 e. The molecule has 4 rings (SSSR count). The zero-order valence-corrected chi connectivity index (χ0v) is 18.4. The molecule has 33 heavy (non-hydrogen) atoms. The van der Waals surface area contributed by atoms with Gasteiger partial charge in [-0.25, -0.2) is 9.48 Å². The number of hydrogen-bond donors (Lipinski definition) is 0. The zero-order valence-electron chi connectivity index (χ0n) is 16.9. The third-order valence-corrected chi connectivity index (χ3v) is 5.20. The molecule has 0 spiro atoms. The van der Waals surface area contributed by atoms with Crippen LogP contribution in [-0.4, -0.2) is 27.5 Å². The highest BCUT2D eigenvalue weighted by molar-refractivity contribution is 6.33. The van der Waals surface area contributed by atoms with Crippen molar-refractivity contribution >= 4 is 29.2 Å². The fourth-order valence-corrected chi connectivity index (χ4v) is 3.70. The van der Waals surface area contributed by atoms with E-state index < -0.39 is 29.2 Å². The molecule has 2 aromatic heterocycles. The second-order valence-corrected chi connectivity index (χ2v) is 7.58. The van der Waals surface area contributed by atoms with Crippen molar-refractivity contribution in [2.45, 2.75) is 13.1 Å². The molecule has 0 saturated heterocycles. The van der Waals surface area contributed by atoms with Crippen molar-refractivity contribution in [3.63, 3.8) is 0 Å². The number of hydrogen-bond acceptors (Lipinski definition) is 5. The highest BCUT2D eigenvalue weighted by Crippen LogP contribution is 2.42. The molecule has 0 radical (unpaired) electrons. The van der Waals surface area contributed by atoms with Gasteiger partial charge in [-0.1, -0.05) is 52.6 Å². The van der Waals surface area contributed by atoms with Gasteiger partial charge in [0.25, 0.3) is 0 Å². The summed E-state index contributed by atoms with van der Waals surface area (Å²) < 4.78 is 53.6. The number of nitrogens with zero attached hydrogens (tertiary/aromatic N) is 3. The fourth-order valence-electron chi connectivity index (χ4n) is 3.29. The van der Waals surface area contributed by atoms with Gasteiger partial charge in [0.1, 0.15) is 11.3 Å². The van der Waals surface area contributed by atoms with E-state index in [-0.39, 0.29) is 33.6 Å². The molecular formula is C22H14Cl2F3N3O3. The molecule has 0 aliphatic carbocycles. The summed E-state index contributed by atoms with van der Waals surface area (Å²) in [7, 11) is 0. The molecule has 0 aliphatic rings. The Morgan fingerprint density at radius 1 is 1.12 bits per heavy atom. The maximum absolute atomic E-state index is 14.2. The second-order valence-electron chi connectivity index (χ2n) is 6.73. The quantitative estimate of drug-likeness (QED) is 0.288. The van der Waals surface area contributed by atoms with Gasteiger partial charge in [0.2, 0.25) is 0 Å². The third-order valence-electron chi connectivity index (χ3n) is 4.64. The van der Waals surface area contributed by atoms with Crippen LogP contribution in [0.15, 0.2) is 59.3 Å². The Morgan fingerprint density at radius 2 is 1.88 bits per heavy atom. The number of halogens is 5. The van der Waals surface area contributed by atoms with E-state index in [9.17, 15) is 18.0 Å². The summed E-state index contributed by atoms with van der Waals surface area (Å²) in [5.41, 5.74) is -1.62. The number of ether oxygens (including phenoxy) is 1. The van der Waals surface area contributed by atoms with Crippen LogP contribution in [0.3, 0.4) is 0 Å². The molecule has 170 valence electrons. The van der Waals surface area contributed by atoms with Crippen LogP contribution < -0.4 is 0 Å². The van der Waals surface area contributed by atoms with E-state index in [1.54, 1.807) is 31.2 Å². The summed E-state index contributed by atoms with van der Waals surface area (Å²) in [6.07, 6.45) is -3.92. The van der Waals surface area contributed by atoms with Crippen molar-refractivity contribution in [2.24, 2.45) is 0 Å². The minimum atomic E-state index is -4.86. The highest BCUT2D eigenvalue weighted by Gasteiger charge is 2.42. The fraction of sp³-hybridized carbons (Fsp3) is 0.136. The largest absolute Gasteiger partial charge is 0.462 e. The van der Waals surface area contributed by atoms with Gasteiger partial charge in [-0.15, -0.1) is 0 Å². The van der Waals surface area contributed by atoms with Crippen LogP contribution in [0.4, 0.5) is 13.2 Å². The molecule has 0 N–H and O–H groups in total. The van der Waals surface area contributed by atoms with Crippen LogP contribution in [0.5, 0.6) is 0 Å². The van der Waals surface area contributed by atoms with Gasteiger partial charge in [0.15, 0.2) is 11.5 Å². The molecular weight excluding hydrogens is 482 g/mol. The summed E-state index contributed by atoms with van der Waals surface area (Å²) in [5.74, 6) is -1.35. The topological polar surface area (TPSA) is 70.2 Å². The maximum atomic E-state index is 14.2. The number of carbonyl (C=O) groups is 1. The lowest BCUT2D eigenvalue weighted by molar-refractivity contribution is -0.142. The standard InChI is InChI=1S/C22H14Cl2F3N3O3/c1-2-32-21(31)17-18(14-8-3-4-9-16(14)24)29-33-19(17)15-11-28-30(20(15)22(25,26)27)13-7-5-6-12(23)10-13/h3-11H,2H2,1H3. The molecule has 0 unspecified atom stereocenters. The van der Waals surface area contributed by atoms with Gasteiger partial charge in [0, 0.05) is 10.6 Å². The van der Waals surface area contributed by atoms with Crippen LogP contribution in [-0.2, 0) is 10.9 Å². The van der Waals surface area contributed by atoms with Crippen molar-refractivity contribution in [1.82, 2.24) is 14.9 Å². The maximum Gasteiger partial charge on any atom is 0.434 e. The Bertz CT molecular complexity index is 1330. The zero-order chi connectivity index (χ0) is 23.8. The molecule has 0 atom stereocenters. The van der Waals surface area contributed by atoms with Crippen molar-refractivity contribution in [1.29, 1.82) is 0 Å². The average molecular weight is 496 g/mol. The molecule has 0 amide bonds. The van der Waals surface area contributed by atoms with E-state index >= 15 is 0 Å². The molecule has 11 heteroatoms. The molecule has 2 heterocycles. The summed E-state index contributed by atoms with van der Waals surface area (Å²) in [6, 6.07) is 12.2. The van der Waals surface area contributed by atoms with Crippen molar-refractivity contribution in [3.8, 4) is 28.3 Å². The molecule has 6 nitrogen and oxygen atoms in total. The molecule has 0 saturated carbocycles. The van der Waals surface area contributed by atoms with E-state index in [4.69, 9.17) is 32.5 Å². The first-order valence-electron chi connectivity index (χ1n) is 9.55. The molecule has 0 fully saturated rings. The van der Waals surface area contributed by atoms with Gasteiger partial charge in [-0.2, -0.15) is 18.3 Å². The van der Waals surface area contributed by atoms with E-state index in [2.05, 4.69) is 10.3 Å². The van der Waals surface area contributed by atoms with Crippen LogP contribution >= 0.6 is 23.2 Å². The number of carbonyl (C=O) groups excluding carboxylic acids is 1. The van der Waals surface area contributed by atoms with Gasteiger partial charge in [-0.3, -0.25) is 0 Å². The number of rotatable bonds is 5. The van der Waals surface area contributed by atoms with E-state index in [1.165, 1.54) is 24.3 Å². The first-order chi connectivity index (χ1) is 15.7. The second kappa shape index (κ2) is 8.92. The van der Waals surface area contributed by atoms with Crippen LogP contribution in [0.1, 0.15) is 23.0 Å². The summed E-state index contributed by atoms with van der Waals surface area (Å²) >= 11 is 12.2. The Balaban J connectivity index is 1.98. The van der Waals surface area contributed by atoms with Gasteiger partial charge in [0.05, 0.1) is 29.1 Å². The Morgan fingerprint density at radius 3 is 2.55 bits per heavy atom. The lowest BCUT2D eigenvalue weighted by Crippen LogP contribution is -2.15. The van der Waals surface area contributed by atoms with Crippen LogP contribution in [0.2, 0.25) is 10.0 Å². The molecule has 2 aromatic carbocycles. The SMILES string of the molecule is CCOC(=O)c1c(-c2ccccc2Cl)noc1-c1cnn(-c2cccc(Cl)c2)c1C(F)(F)F. The van der Waals surface area contributed by atoms with Crippen molar-refractivity contribution < 1.29 is 27.2 Å². The predicted molar refractivity (Wildman–Crippen MR) is 115 cm³/mol. The first kappa shape index (κ1) is 22.9. The van der Waals surface area contributed by atoms with Gasteiger partial charge < -0.3 is 9.26 Å². The van der Waals surface area contributed by atoms with Crippen molar-refractivity contribution in [2.75, 3.05) is 6.61 Å². The number of aromatic nitrogens is 3. The Kier molecular flexibility index (Phi) is 6.18. The van der Waals surface area contributed by atoms with Crippen LogP contribution in [0.25, 0.3) is 28.3 Å². The molecule has 0 bridgehead atoms. The predicted octanol–water partition coefficient (Wildman–Crippen LogP) is 6.70. The normalized spacial score (nSPS) is 11.6. The summed E-state index contributed by atoms with van der Waals surface area (Å²) in [5, 5.41) is 8.21. The lowest BCUT2D eigenvalue weighted by Gasteiger charge is -2.12. The molecule has 4 aromatic rings. The molecule has 0 aliphatic heterocycles. The monoisotopic (exact) mass is 495 g/mol. The van der Waals surface area contributed by atoms with E-state index in [0.29, 0.717) is 10.2 Å². The third kappa shape index (κ3) is 4.34. The Labute approximate surface area is 195 Å². The van der Waals surface area contributed by atoms with Crippen molar-refractivity contribution in [3.05, 3.63) is 76.0 Å². The van der Waals surface area contributed by atoms with Gasteiger partial charge in [-0.05, 0) is 31.2 Å². The summed E-state index contributed by atoms with van der Waals surface area (Å²) in [6.45, 7) is 1.55. The smallest absolute Gasteiger partial charge is 0.434 e. The minimum absolute atomic E-state index is 0.0146. The van der Waals surface area contributed by atoms with Gasteiger partial charge >= 0.3 is 12.1 Å². The van der Waals surface area contributed by atoms with E-state index in [0.717, 1.165) is 6.20 Å². The lowest BCUT2D eigenvalue weighted by atomic mass is 10.0. The Hall–Kier alpha value is -3.30. The summed E-state index contributed by atoms with van der Waals surface area (Å²) in [4.78, 5) is 12.8. The number of esters is 1. The van der Waals surface area contributed by atoms with E-state index in [1.807, 2.05) is 0 Å². The number of alkyl halides is 3. The average Bonchev–Trinajstić information content (AvgIpc) is 3.38. The van der Waals surface area contributed by atoms with Crippen LogP contribution in [0, 0.1) is 0 Å². The highest BCUT2D eigenvalue weighted by atomic mass is 35.5. The number of benzene rings is 2.